The fourth-order valence-corrected chi connectivity index (χ4v) is 6.98. The minimum absolute atomic E-state index is 0.00304. The third-order valence-corrected chi connectivity index (χ3v) is 8.78. The van der Waals surface area contributed by atoms with E-state index >= 15 is 4.39 Å². The summed E-state index contributed by atoms with van der Waals surface area (Å²) in [5.41, 5.74) is 3.94. The molecule has 0 atom stereocenters. The second kappa shape index (κ2) is 9.27. The Labute approximate surface area is 226 Å². The lowest BCUT2D eigenvalue weighted by atomic mass is 9.84. The van der Waals surface area contributed by atoms with E-state index in [9.17, 15) is 4.39 Å². The summed E-state index contributed by atoms with van der Waals surface area (Å²) in [4.78, 5) is 16.4. The predicted molar refractivity (Wildman–Crippen MR) is 145 cm³/mol. The van der Waals surface area contributed by atoms with Crippen LogP contribution in [0.25, 0.3) is 27.7 Å². The molecule has 0 N–H and O–H groups in total. The van der Waals surface area contributed by atoms with Gasteiger partial charge in [0.25, 0.3) is 0 Å². The van der Waals surface area contributed by atoms with Crippen LogP contribution in [0.4, 0.5) is 8.78 Å². The summed E-state index contributed by atoms with van der Waals surface area (Å²) in [6.45, 7) is 5.01. The van der Waals surface area contributed by atoms with Gasteiger partial charge in [0.1, 0.15) is 23.6 Å². The highest BCUT2D eigenvalue weighted by Crippen LogP contribution is 2.43. The molecule has 200 valence electrons. The van der Waals surface area contributed by atoms with E-state index in [4.69, 9.17) is 20.9 Å². The molecule has 0 spiro atoms. The highest BCUT2D eigenvalue weighted by molar-refractivity contribution is 5.95. The largest absolute Gasteiger partial charge is 0.477 e. The molecule has 3 aliphatic heterocycles. The Morgan fingerprint density at radius 2 is 1.90 bits per heavy atom. The zero-order valence-electron chi connectivity index (χ0n) is 22.1. The van der Waals surface area contributed by atoms with Gasteiger partial charge in [-0.3, -0.25) is 4.90 Å². The standard InChI is InChI=1S/C31H30F2N4O2/c1-3-20-22(32)9-8-19-15-18(2)16-21(24(19)20)27-26(33)28-25-23(34-27)7-4-14-38-29(25)36-30(35-28)39-17-31-10-5-12-37(31)13-6-11-31/h1,15-16H,4-14,17H2,2H3. The number of allylic oxidation sites excluding steroid dienone is 2. The summed E-state index contributed by atoms with van der Waals surface area (Å²) < 4.78 is 43.5. The van der Waals surface area contributed by atoms with Crippen molar-refractivity contribution in [2.45, 2.75) is 63.8 Å². The molecule has 0 saturated carbocycles. The van der Waals surface area contributed by atoms with Crippen molar-refractivity contribution in [3.05, 3.63) is 46.2 Å². The molecular weight excluding hydrogens is 498 g/mol. The molecule has 3 aromatic rings. The van der Waals surface area contributed by atoms with Crippen LogP contribution in [-0.2, 0) is 12.8 Å². The average molecular weight is 529 g/mol. The van der Waals surface area contributed by atoms with Gasteiger partial charge < -0.3 is 9.47 Å². The normalized spacial score (nSPS) is 19.8. The maximum absolute atomic E-state index is 16.5. The molecule has 39 heavy (non-hydrogen) atoms. The van der Waals surface area contributed by atoms with Crippen LogP contribution in [0.15, 0.2) is 18.0 Å². The molecule has 6 nitrogen and oxygen atoms in total. The average Bonchev–Trinajstić information content (AvgIpc) is 3.44. The van der Waals surface area contributed by atoms with Gasteiger partial charge in [0.2, 0.25) is 5.88 Å². The number of hydrogen-bond donors (Lipinski definition) is 0. The number of terminal acetylenes is 1. The molecule has 2 saturated heterocycles. The topological polar surface area (TPSA) is 60.4 Å². The van der Waals surface area contributed by atoms with E-state index in [2.05, 4.69) is 20.8 Å². The van der Waals surface area contributed by atoms with Crippen LogP contribution in [0, 0.1) is 25.1 Å². The molecule has 8 heteroatoms. The van der Waals surface area contributed by atoms with Crippen LogP contribution in [0.3, 0.4) is 0 Å². The van der Waals surface area contributed by atoms with E-state index in [0.717, 1.165) is 49.9 Å². The lowest BCUT2D eigenvalue weighted by molar-refractivity contribution is 0.107. The van der Waals surface area contributed by atoms with Crippen LogP contribution in [0.5, 0.6) is 11.9 Å². The summed E-state index contributed by atoms with van der Waals surface area (Å²) in [5, 5.41) is 0.475. The first-order chi connectivity index (χ1) is 19.0. The van der Waals surface area contributed by atoms with Gasteiger partial charge in [0, 0.05) is 17.5 Å². The fraction of sp³-hybridized carbons (Fsp3) is 0.452. The summed E-state index contributed by atoms with van der Waals surface area (Å²) in [6, 6.07) is 3.93. The first kappa shape index (κ1) is 24.5. The van der Waals surface area contributed by atoms with Crippen molar-refractivity contribution in [1.29, 1.82) is 0 Å². The van der Waals surface area contributed by atoms with E-state index in [-0.39, 0.29) is 40.6 Å². The third kappa shape index (κ3) is 3.89. The quantitative estimate of drug-likeness (QED) is 0.403. The van der Waals surface area contributed by atoms with Gasteiger partial charge in [-0.05, 0) is 76.6 Å². The molecule has 2 fully saturated rings. The molecule has 7 rings (SSSR count). The summed E-state index contributed by atoms with van der Waals surface area (Å²) >= 11 is 0. The Kier molecular flexibility index (Phi) is 5.82. The van der Waals surface area contributed by atoms with E-state index < -0.39 is 5.82 Å². The van der Waals surface area contributed by atoms with Crippen LogP contribution >= 0.6 is 0 Å². The molecule has 0 radical (unpaired) electrons. The number of halogens is 2. The van der Waals surface area contributed by atoms with Gasteiger partial charge in [-0.25, -0.2) is 13.8 Å². The fourth-order valence-electron chi connectivity index (χ4n) is 6.98. The van der Waals surface area contributed by atoms with Gasteiger partial charge in [-0.1, -0.05) is 17.6 Å². The Morgan fingerprint density at radius 3 is 2.69 bits per heavy atom. The van der Waals surface area contributed by atoms with Crippen molar-refractivity contribution in [3.63, 3.8) is 0 Å². The van der Waals surface area contributed by atoms with Crippen LogP contribution in [0.1, 0.15) is 60.9 Å². The number of pyridine rings is 1. The second-order valence-corrected chi connectivity index (χ2v) is 11.2. The predicted octanol–water partition coefficient (Wildman–Crippen LogP) is 5.73. The number of aromatic nitrogens is 3. The number of hydrogen-bond acceptors (Lipinski definition) is 6. The van der Waals surface area contributed by atoms with E-state index in [1.807, 2.05) is 19.1 Å². The van der Waals surface area contributed by atoms with E-state index in [0.29, 0.717) is 60.6 Å². The lowest BCUT2D eigenvalue weighted by Gasteiger charge is -2.31. The van der Waals surface area contributed by atoms with Crippen LogP contribution in [0.2, 0.25) is 0 Å². The van der Waals surface area contributed by atoms with Crippen molar-refractivity contribution in [1.82, 2.24) is 19.9 Å². The summed E-state index contributed by atoms with van der Waals surface area (Å²) in [5.74, 6) is 1.85. The van der Waals surface area contributed by atoms with Crippen molar-refractivity contribution in [2.75, 3.05) is 26.3 Å². The second-order valence-electron chi connectivity index (χ2n) is 11.2. The minimum atomic E-state index is -0.607. The Morgan fingerprint density at radius 1 is 1.08 bits per heavy atom. The first-order valence-electron chi connectivity index (χ1n) is 13.9. The van der Waals surface area contributed by atoms with Crippen molar-refractivity contribution in [3.8, 4) is 35.5 Å². The number of aryl methyl sites for hydroxylation is 3. The zero-order valence-corrected chi connectivity index (χ0v) is 22.1. The van der Waals surface area contributed by atoms with E-state index in [1.54, 1.807) is 0 Å². The van der Waals surface area contributed by atoms with Gasteiger partial charge >= 0.3 is 6.01 Å². The number of fused-ring (bicyclic) bond motifs is 2. The molecule has 0 amide bonds. The Hall–Kier alpha value is -3.57. The highest BCUT2D eigenvalue weighted by Gasteiger charge is 2.45. The molecule has 0 bridgehead atoms. The molecule has 5 heterocycles. The number of nitrogens with zero attached hydrogens (tertiary/aromatic N) is 4. The molecule has 4 aliphatic rings. The summed E-state index contributed by atoms with van der Waals surface area (Å²) in [6.07, 6.45) is 12.2. The van der Waals surface area contributed by atoms with Crippen LogP contribution < -0.4 is 9.47 Å². The molecular formula is C31H30F2N4O2. The van der Waals surface area contributed by atoms with E-state index in [1.165, 1.54) is 0 Å². The Bertz CT molecular complexity index is 1580. The maximum atomic E-state index is 16.5. The van der Waals surface area contributed by atoms with Crippen molar-refractivity contribution in [2.24, 2.45) is 0 Å². The first-order valence-corrected chi connectivity index (χ1v) is 13.9. The number of rotatable bonds is 4. The Balaban J connectivity index is 1.39. The molecule has 1 aliphatic carbocycles. The maximum Gasteiger partial charge on any atom is 0.320 e. The molecule has 0 unspecified atom stereocenters. The summed E-state index contributed by atoms with van der Waals surface area (Å²) in [7, 11) is 0. The van der Waals surface area contributed by atoms with Crippen molar-refractivity contribution < 1.29 is 18.3 Å². The van der Waals surface area contributed by atoms with Gasteiger partial charge in [0.15, 0.2) is 5.82 Å². The SMILES string of the molecule is C#CC1=C(F)CCc2cc(C)cc(-c3nc4c5c(nc(OCC67CCCN6CCC7)nc5c3F)OCCC4)c21. The zero-order chi connectivity index (χ0) is 26.7. The monoisotopic (exact) mass is 528 g/mol. The highest BCUT2D eigenvalue weighted by atomic mass is 19.1. The lowest BCUT2D eigenvalue weighted by Crippen LogP contribution is -2.43. The van der Waals surface area contributed by atoms with Gasteiger partial charge in [-0.2, -0.15) is 9.97 Å². The number of benzene rings is 1. The van der Waals surface area contributed by atoms with Gasteiger partial charge in [0.05, 0.1) is 28.8 Å². The van der Waals surface area contributed by atoms with Gasteiger partial charge in [-0.15, -0.1) is 6.42 Å². The third-order valence-electron chi connectivity index (χ3n) is 8.78. The van der Waals surface area contributed by atoms with Crippen molar-refractivity contribution >= 4 is 16.5 Å². The molecule has 2 aromatic heterocycles. The smallest absolute Gasteiger partial charge is 0.320 e. The number of ether oxygens (including phenoxy) is 2. The molecule has 1 aromatic carbocycles. The van der Waals surface area contributed by atoms with Crippen LogP contribution in [-0.4, -0.2) is 51.7 Å². The minimum Gasteiger partial charge on any atom is -0.477 e.